The van der Waals surface area contributed by atoms with Crippen molar-refractivity contribution in [2.24, 2.45) is 10.2 Å². The first-order valence-corrected chi connectivity index (χ1v) is 6.78. The van der Waals surface area contributed by atoms with Crippen molar-refractivity contribution < 1.29 is 4.74 Å². The fourth-order valence-electron chi connectivity index (χ4n) is 2.44. The maximum atomic E-state index is 5.60. The van der Waals surface area contributed by atoms with Gasteiger partial charge in [0.05, 0.1) is 6.04 Å². The molecule has 0 aliphatic heterocycles. The average molecular weight is 246 g/mol. The van der Waals surface area contributed by atoms with Gasteiger partial charge in [-0.15, -0.1) is 0 Å². The number of nitrogens with zero attached hydrogens (tertiary/aromatic N) is 2. The second kappa shape index (κ2) is 6.10. The van der Waals surface area contributed by atoms with E-state index in [0.29, 0.717) is 0 Å². The van der Waals surface area contributed by atoms with Gasteiger partial charge in [0.15, 0.2) is 5.72 Å². The molecule has 98 valence electrons. The Morgan fingerprint density at radius 1 is 1.11 bits per heavy atom. The van der Waals surface area contributed by atoms with Gasteiger partial charge in [-0.05, 0) is 38.2 Å². The first-order chi connectivity index (χ1) is 8.76. The number of methoxy groups -OCH3 is 1. The van der Waals surface area contributed by atoms with Gasteiger partial charge in [0.2, 0.25) is 0 Å². The van der Waals surface area contributed by atoms with Crippen LogP contribution >= 0.6 is 0 Å². The van der Waals surface area contributed by atoms with Crippen molar-refractivity contribution in [3.63, 3.8) is 0 Å². The SMILES string of the molecule is COC1(N=NC(C)c2ccccc2)CCCCC1. The number of hydrogen-bond donors (Lipinski definition) is 0. The smallest absolute Gasteiger partial charge is 0.178 e. The summed E-state index contributed by atoms with van der Waals surface area (Å²) in [6, 6.07) is 10.4. The van der Waals surface area contributed by atoms with E-state index < -0.39 is 0 Å². The van der Waals surface area contributed by atoms with Crippen LogP contribution in [-0.2, 0) is 4.74 Å². The van der Waals surface area contributed by atoms with E-state index in [1.54, 1.807) is 7.11 Å². The molecule has 1 aromatic carbocycles. The van der Waals surface area contributed by atoms with E-state index in [9.17, 15) is 0 Å². The standard InChI is InChI=1S/C15H22N2O/c1-13(14-9-5-3-6-10-14)16-17-15(18-2)11-7-4-8-12-15/h3,5-6,9-10,13H,4,7-8,11-12H2,1-2H3. The minimum absolute atomic E-state index is 0.0974. The second-order valence-electron chi connectivity index (χ2n) is 5.01. The quantitative estimate of drug-likeness (QED) is 0.720. The van der Waals surface area contributed by atoms with E-state index in [-0.39, 0.29) is 11.8 Å². The summed E-state index contributed by atoms with van der Waals surface area (Å²) in [5.74, 6) is 0. The third-order valence-corrected chi connectivity index (χ3v) is 3.71. The van der Waals surface area contributed by atoms with E-state index in [0.717, 1.165) is 12.8 Å². The monoisotopic (exact) mass is 246 g/mol. The largest absolute Gasteiger partial charge is 0.355 e. The van der Waals surface area contributed by atoms with E-state index in [4.69, 9.17) is 4.74 Å². The summed E-state index contributed by atoms with van der Waals surface area (Å²) in [5.41, 5.74) is 0.838. The summed E-state index contributed by atoms with van der Waals surface area (Å²) in [6.07, 6.45) is 5.65. The Morgan fingerprint density at radius 2 is 1.78 bits per heavy atom. The Bertz CT molecular complexity index is 383. The summed E-state index contributed by atoms with van der Waals surface area (Å²) < 4.78 is 5.60. The van der Waals surface area contributed by atoms with Crippen LogP contribution in [0.25, 0.3) is 0 Å². The molecule has 1 aliphatic carbocycles. The van der Waals surface area contributed by atoms with Crippen LogP contribution in [-0.4, -0.2) is 12.8 Å². The van der Waals surface area contributed by atoms with Crippen LogP contribution in [0.15, 0.2) is 40.6 Å². The van der Waals surface area contributed by atoms with Gasteiger partial charge >= 0.3 is 0 Å². The van der Waals surface area contributed by atoms with E-state index in [2.05, 4.69) is 29.3 Å². The Labute approximate surface area is 109 Å². The first-order valence-electron chi connectivity index (χ1n) is 6.78. The molecule has 0 radical (unpaired) electrons. The Hall–Kier alpha value is -1.22. The molecule has 0 amide bonds. The molecule has 0 saturated heterocycles. The number of azo groups is 1. The fraction of sp³-hybridized carbons (Fsp3) is 0.600. The molecule has 0 bridgehead atoms. The van der Waals surface area contributed by atoms with Gasteiger partial charge in [0.25, 0.3) is 0 Å². The van der Waals surface area contributed by atoms with Crippen LogP contribution in [0.3, 0.4) is 0 Å². The molecule has 3 heteroatoms. The molecule has 0 heterocycles. The van der Waals surface area contributed by atoms with Crippen LogP contribution in [0.4, 0.5) is 0 Å². The zero-order chi connectivity index (χ0) is 12.8. The topological polar surface area (TPSA) is 34.0 Å². The maximum absolute atomic E-state index is 5.60. The van der Waals surface area contributed by atoms with Crippen LogP contribution < -0.4 is 0 Å². The van der Waals surface area contributed by atoms with Gasteiger partial charge in [0.1, 0.15) is 0 Å². The molecule has 18 heavy (non-hydrogen) atoms. The van der Waals surface area contributed by atoms with Crippen molar-refractivity contribution in [1.82, 2.24) is 0 Å². The highest BCUT2D eigenvalue weighted by Crippen LogP contribution is 2.33. The van der Waals surface area contributed by atoms with Crippen molar-refractivity contribution in [3.8, 4) is 0 Å². The lowest BCUT2D eigenvalue weighted by Crippen LogP contribution is -2.31. The van der Waals surface area contributed by atoms with Crippen LogP contribution in [0.2, 0.25) is 0 Å². The molecule has 1 unspecified atom stereocenters. The third-order valence-electron chi connectivity index (χ3n) is 3.71. The minimum Gasteiger partial charge on any atom is -0.355 e. The predicted octanol–water partition coefficient (Wildman–Crippen LogP) is 4.51. The number of benzene rings is 1. The van der Waals surface area contributed by atoms with Crippen molar-refractivity contribution >= 4 is 0 Å². The van der Waals surface area contributed by atoms with Crippen molar-refractivity contribution in [1.29, 1.82) is 0 Å². The Balaban J connectivity index is 2.05. The van der Waals surface area contributed by atoms with Crippen molar-refractivity contribution in [2.45, 2.75) is 50.8 Å². The van der Waals surface area contributed by atoms with Crippen LogP contribution in [0.1, 0.15) is 50.6 Å². The zero-order valence-electron chi connectivity index (χ0n) is 11.3. The van der Waals surface area contributed by atoms with Gasteiger partial charge in [-0.2, -0.15) is 10.2 Å². The number of rotatable bonds is 4. The second-order valence-corrected chi connectivity index (χ2v) is 5.01. The number of hydrogen-bond acceptors (Lipinski definition) is 3. The molecule has 3 nitrogen and oxygen atoms in total. The van der Waals surface area contributed by atoms with Gasteiger partial charge in [0, 0.05) is 7.11 Å². The summed E-state index contributed by atoms with van der Waals surface area (Å²) in [5, 5.41) is 8.97. The van der Waals surface area contributed by atoms with E-state index in [1.807, 2.05) is 18.2 Å². The van der Waals surface area contributed by atoms with Gasteiger partial charge in [-0.25, -0.2) is 0 Å². The molecule has 1 fully saturated rings. The van der Waals surface area contributed by atoms with Crippen LogP contribution in [0, 0.1) is 0 Å². The predicted molar refractivity (Wildman–Crippen MR) is 72.5 cm³/mol. The van der Waals surface area contributed by atoms with Crippen molar-refractivity contribution in [2.75, 3.05) is 7.11 Å². The minimum atomic E-state index is -0.360. The van der Waals surface area contributed by atoms with Crippen LogP contribution in [0.5, 0.6) is 0 Å². The van der Waals surface area contributed by atoms with Crippen molar-refractivity contribution in [3.05, 3.63) is 35.9 Å². The molecule has 0 spiro atoms. The normalized spacial score (nSPS) is 21.0. The lowest BCUT2D eigenvalue weighted by Gasteiger charge is -2.31. The Kier molecular flexibility index (Phi) is 4.48. The first kappa shape index (κ1) is 13.2. The Morgan fingerprint density at radius 3 is 2.39 bits per heavy atom. The summed E-state index contributed by atoms with van der Waals surface area (Å²) in [6.45, 7) is 2.07. The molecule has 0 aromatic heterocycles. The number of ether oxygens (including phenoxy) is 1. The highest BCUT2D eigenvalue weighted by Gasteiger charge is 2.31. The van der Waals surface area contributed by atoms with Gasteiger partial charge in [-0.1, -0.05) is 36.8 Å². The summed E-state index contributed by atoms with van der Waals surface area (Å²) in [4.78, 5) is 0. The molecule has 0 N–H and O–H groups in total. The van der Waals surface area contributed by atoms with E-state index >= 15 is 0 Å². The molecular formula is C15H22N2O. The molecule has 2 rings (SSSR count). The molecule has 1 aromatic rings. The molecular weight excluding hydrogens is 224 g/mol. The van der Waals surface area contributed by atoms with E-state index in [1.165, 1.54) is 24.8 Å². The summed E-state index contributed by atoms with van der Waals surface area (Å²) >= 11 is 0. The average Bonchev–Trinajstić information content (AvgIpc) is 2.47. The van der Waals surface area contributed by atoms with Gasteiger partial charge < -0.3 is 4.74 Å². The third kappa shape index (κ3) is 3.16. The lowest BCUT2D eigenvalue weighted by atomic mass is 9.92. The fourth-order valence-corrected chi connectivity index (χ4v) is 2.44. The highest BCUT2D eigenvalue weighted by atomic mass is 16.5. The maximum Gasteiger partial charge on any atom is 0.178 e. The van der Waals surface area contributed by atoms with Gasteiger partial charge in [-0.3, -0.25) is 0 Å². The lowest BCUT2D eigenvalue weighted by molar-refractivity contribution is -0.0384. The molecule has 1 atom stereocenters. The zero-order valence-corrected chi connectivity index (χ0v) is 11.3. The molecule has 1 aliphatic rings. The molecule has 1 saturated carbocycles. The summed E-state index contributed by atoms with van der Waals surface area (Å²) in [7, 11) is 1.75. The highest BCUT2D eigenvalue weighted by molar-refractivity contribution is 5.17.